The number of urea groups is 2. The third-order valence-corrected chi connectivity index (χ3v) is 5.97. The normalized spacial score (nSPS) is 29.6. The molecule has 0 bridgehead atoms. The summed E-state index contributed by atoms with van der Waals surface area (Å²) in [7, 11) is 0. The standard InChI is InChI=1S/C22H22N4O4/c27-21-23(11-17-13-29-17)19(15-7-3-1-4-8-15)25-22(28)24(12-18-14-30-18)20(26(21)25)16-9-5-2-6-10-16/h1-10,17-20H,11-14H2/t17-,18-,19-,20-/m0/s1. The maximum Gasteiger partial charge on any atom is 0.343 e. The van der Waals surface area contributed by atoms with Gasteiger partial charge in [0, 0.05) is 0 Å². The topological polar surface area (TPSA) is 72.2 Å². The fourth-order valence-electron chi connectivity index (χ4n) is 4.40. The van der Waals surface area contributed by atoms with E-state index in [1.165, 1.54) is 0 Å². The summed E-state index contributed by atoms with van der Waals surface area (Å²) in [5.74, 6) is 0. The van der Waals surface area contributed by atoms with Crippen LogP contribution in [-0.2, 0) is 9.47 Å². The van der Waals surface area contributed by atoms with E-state index >= 15 is 0 Å². The summed E-state index contributed by atoms with van der Waals surface area (Å²) < 4.78 is 10.8. The Morgan fingerprint density at radius 3 is 1.37 bits per heavy atom. The monoisotopic (exact) mass is 406 g/mol. The molecule has 4 atom stereocenters. The molecule has 0 N–H and O–H groups in total. The first-order chi connectivity index (χ1) is 14.7. The van der Waals surface area contributed by atoms with Crippen LogP contribution in [0.2, 0.25) is 0 Å². The van der Waals surface area contributed by atoms with Crippen molar-refractivity contribution in [1.29, 1.82) is 0 Å². The lowest BCUT2D eigenvalue weighted by Crippen LogP contribution is -2.42. The van der Waals surface area contributed by atoms with Crippen LogP contribution in [0.1, 0.15) is 23.5 Å². The van der Waals surface area contributed by atoms with Crippen LogP contribution in [0.5, 0.6) is 0 Å². The quantitative estimate of drug-likeness (QED) is 0.692. The maximum atomic E-state index is 13.7. The second-order valence-corrected chi connectivity index (χ2v) is 8.04. The van der Waals surface area contributed by atoms with Gasteiger partial charge < -0.3 is 9.47 Å². The van der Waals surface area contributed by atoms with Gasteiger partial charge in [0.15, 0.2) is 12.3 Å². The third kappa shape index (κ3) is 2.83. The number of rotatable bonds is 6. The zero-order chi connectivity index (χ0) is 20.2. The second-order valence-electron chi connectivity index (χ2n) is 8.04. The van der Waals surface area contributed by atoms with Crippen molar-refractivity contribution in [3.05, 3.63) is 71.8 Å². The van der Waals surface area contributed by atoms with Gasteiger partial charge >= 0.3 is 12.1 Å². The Labute approximate surface area is 174 Å². The highest BCUT2D eigenvalue weighted by atomic mass is 16.6. The van der Waals surface area contributed by atoms with E-state index in [1.54, 1.807) is 19.8 Å². The Bertz CT molecular complexity index is 884. The SMILES string of the molecule is O=C1N(C[C@H]2CO2)[C@H](c2ccccc2)N2C(=O)N(C[C@H]3CO3)[C@H](c3ccccc3)N12. The van der Waals surface area contributed by atoms with E-state index in [9.17, 15) is 9.59 Å². The van der Waals surface area contributed by atoms with Crippen LogP contribution in [0.3, 0.4) is 0 Å². The summed E-state index contributed by atoms with van der Waals surface area (Å²) in [4.78, 5) is 30.8. The predicted molar refractivity (Wildman–Crippen MR) is 106 cm³/mol. The molecule has 2 aromatic carbocycles. The first-order valence-electron chi connectivity index (χ1n) is 10.2. The minimum atomic E-state index is -0.494. The van der Waals surface area contributed by atoms with Gasteiger partial charge in [-0.2, -0.15) is 0 Å². The lowest BCUT2D eigenvalue weighted by atomic mass is 10.1. The van der Waals surface area contributed by atoms with Gasteiger partial charge in [-0.15, -0.1) is 0 Å². The van der Waals surface area contributed by atoms with Gasteiger partial charge in [-0.3, -0.25) is 9.80 Å². The van der Waals surface area contributed by atoms with Gasteiger partial charge in [-0.05, 0) is 11.1 Å². The van der Waals surface area contributed by atoms with Crippen molar-refractivity contribution in [3.8, 4) is 0 Å². The Kier molecular flexibility index (Phi) is 3.97. The molecule has 154 valence electrons. The fourth-order valence-corrected chi connectivity index (χ4v) is 4.40. The summed E-state index contributed by atoms with van der Waals surface area (Å²) >= 11 is 0. The van der Waals surface area contributed by atoms with E-state index in [0.717, 1.165) is 11.1 Å². The summed E-state index contributed by atoms with van der Waals surface area (Å²) in [5, 5.41) is 3.22. The molecule has 4 amide bonds. The summed E-state index contributed by atoms with van der Waals surface area (Å²) in [5.41, 5.74) is 1.80. The summed E-state index contributed by atoms with van der Waals surface area (Å²) in [6, 6.07) is 19.1. The van der Waals surface area contributed by atoms with Crippen LogP contribution >= 0.6 is 0 Å². The average molecular weight is 406 g/mol. The molecule has 0 unspecified atom stereocenters. The molecular weight excluding hydrogens is 384 g/mol. The second kappa shape index (κ2) is 6.72. The molecule has 0 aromatic heterocycles. The van der Waals surface area contributed by atoms with E-state index < -0.39 is 12.3 Å². The number of epoxide rings is 2. The Morgan fingerprint density at radius 2 is 1.03 bits per heavy atom. The van der Waals surface area contributed by atoms with Crippen LogP contribution < -0.4 is 0 Å². The number of carbonyl (C=O) groups is 2. The number of carbonyl (C=O) groups excluding carboxylic acids is 2. The van der Waals surface area contributed by atoms with Crippen molar-refractivity contribution in [2.75, 3.05) is 26.3 Å². The van der Waals surface area contributed by atoms with Gasteiger partial charge in [0.2, 0.25) is 0 Å². The zero-order valence-electron chi connectivity index (χ0n) is 16.3. The molecule has 0 spiro atoms. The van der Waals surface area contributed by atoms with Crippen LogP contribution in [0.4, 0.5) is 9.59 Å². The lowest BCUT2D eigenvalue weighted by molar-refractivity contribution is 0.0504. The molecule has 0 radical (unpaired) electrons. The molecule has 4 aliphatic heterocycles. The molecule has 6 rings (SSSR count). The molecule has 4 heterocycles. The van der Waals surface area contributed by atoms with Crippen molar-refractivity contribution in [2.24, 2.45) is 0 Å². The molecule has 4 fully saturated rings. The fraction of sp³-hybridized carbons (Fsp3) is 0.364. The van der Waals surface area contributed by atoms with Crippen molar-refractivity contribution < 1.29 is 19.1 Å². The minimum Gasteiger partial charge on any atom is -0.371 e. The predicted octanol–water partition coefficient (Wildman–Crippen LogP) is 2.57. The summed E-state index contributed by atoms with van der Waals surface area (Å²) in [6.07, 6.45) is -0.927. The number of amides is 4. The molecule has 4 saturated heterocycles. The van der Waals surface area contributed by atoms with E-state index in [1.807, 2.05) is 60.7 Å². The van der Waals surface area contributed by atoms with Crippen LogP contribution in [0, 0.1) is 0 Å². The number of hydrazine groups is 1. The molecule has 2 aromatic rings. The number of hydrogen-bond donors (Lipinski definition) is 0. The highest BCUT2D eigenvalue weighted by molar-refractivity contribution is 5.88. The number of nitrogens with zero attached hydrogens (tertiary/aromatic N) is 4. The van der Waals surface area contributed by atoms with Gasteiger partial charge in [0.1, 0.15) is 0 Å². The Hall–Kier alpha value is -3.10. The van der Waals surface area contributed by atoms with Crippen molar-refractivity contribution >= 4 is 12.1 Å². The van der Waals surface area contributed by atoms with Gasteiger partial charge in [-0.25, -0.2) is 19.6 Å². The number of ether oxygens (including phenoxy) is 2. The van der Waals surface area contributed by atoms with E-state index in [0.29, 0.717) is 26.3 Å². The van der Waals surface area contributed by atoms with Gasteiger partial charge in [-0.1, -0.05) is 60.7 Å². The number of benzene rings is 2. The Morgan fingerprint density at radius 1 is 0.667 bits per heavy atom. The van der Waals surface area contributed by atoms with E-state index in [2.05, 4.69) is 0 Å². The summed E-state index contributed by atoms with van der Waals surface area (Å²) in [6.45, 7) is 2.22. The molecular formula is C22H22N4O4. The minimum absolute atomic E-state index is 0.0302. The number of hydrogen-bond acceptors (Lipinski definition) is 4. The molecule has 30 heavy (non-hydrogen) atoms. The first kappa shape index (κ1) is 17.7. The van der Waals surface area contributed by atoms with Crippen molar-refractivity contribution in [1.82, 2.24) is 19.8 Å². The average Bonchev–Trinajstić information content (AvgIpc) is 3.70. The van der Waals surface area contributed by atoms with Crippen LogP contribution in [0.25, 0.3) is 0 Å². The molecule has 8 nitrogen and oxygen atoms in total. The lowest BCUT2D eigenvalue weighted by Gasteiger charge is -2.29. The highest BCUT2D eigenvalue weighted by Crippen LogP contribution is 2.46. The smallest absolute Gasteiger partial charge is 0.343 e. The maximum absolute atomic E-state index is 13.7. The third-order valence-electron chi connectivity index (χ3n) is 5.97. The molecule has 0 aliphatic carbocycles. The Balaban J connectivity index is 1.44. The van der Waals surface area contributed by atoms with E-state index in [-0.39, 0.29) is 24.3 Å². The van der Waals surface area contributed by atoms with Crippen LogP contribution in [0.15, 0.2) is 60.7 Å². The van der Waals surface area contributed by atoms with Gasteiger partial charge in [0.25, 0.3) is 0 Å². The number of fused-ring (bicyclic) bond motifs is 1. The van der Waals surface area contributed by atoms with Gasteiger partial charge in [0.05, 0.1) is 38.5 Å². The highest BCUT2D eigenvalue weighted by Gasteiger charge is 2.59. The van der Waals surface area contributed by atoms with Crippen molar-refractivity contribution in [2.45, 2.75) is 24.5 Å². The molecule has 0 saturated carbocycles. The van der Waals surface area contributed by atoms with Crippen molar-refractivity contribution in [3.63, 3.8) is 0 Å². The van der Waals surface area contributed by atoms with E-state index in [4.69, 9.17) is 9.47 Å². The van der Waals surface area contributed by atoms with Crippen LogP contribution in [-0.4, -0.2) is 70.4 Å². The first-order valence-corrected chi connectivity index (χ1v) is 10.2. The zero-order valence-corrected chi connectivity index (χ0v) is 16.3. The molecule has 8 heteroatoms. The largest absolute Gasteiger partial charge is 0.371 e. The molecule has 4 aliphatic rings.